The Morgan fingerprint density at radius 3 is 2.12 bits per heavy atom. The highest BCUT2D eigenvalue weighted by atomic mass is 28.4. The molecular formula is C37H64O4Si2. The Hall–Kier alpha value is -1.48. The van der Waals surface area contributed by atoms with Gasteiger partial charge in [-0.1, -0.05) is 116 Å². The van der Waals surface area contributed by atoms with Gasteiger partial charge in [-0.3, -0.25) is 4.79 Å². The second-order valence-corrected chi connectivity index (χ2v) is 25.1. The third-order valence-corrected chi connectivity index (χ3v) is 19.1. The molecule has 0 aliphatic heterocycles. The van der Waals surface area contributed by atoms with Gasteiger partial charge < -0.3 is 13.6 Å². The molecule has 2 rings (SSSR count). The summed E-state index contributed by atoms with van der Waals surface area (Å²) in [7, 11) is -2.40. The second-order valence-electron chi connectivity index (χ2n) is 15.6. The molecular weight excluding hydrogens is 565 g/mol. The fourth-order valence-corrected chi connectivity index (χ4v) is 7.87. The summed E-state index contributed by atoms with van der Waals surface area (Å²) in [6, 6.07) is 9.37. The minimum Gasteiger partial charge on any atom is -0.469 e. The zero-order valence-corrected chi connectivity index (χ0v) is 31.8. The van der Waals surface area contributed by atoms with Crippen LogP contribution in [-0.2, 0) is 18.4 Å². The fraction of sp³-hybridized carbons (Fsp3) is 0.703. The molecule has 1 unspecified atom stereocenters. The van der Waals surface area contributed by atoms with Crippen LogP contribution in [0, 0.1) is 0 Å². The maximum atomic E-state index is 11.4. The van der Waals surface area contributed by atoms with Crippen LogP contribution in [0.25, 0.3) is 0 Å². The summed E-state index contributed by atoms with van der Waals surface area (Å²) in [6.45, 7) is 25.7. The lowest BCUT2D eigenvalue weighted by Crippen LogP contribution is -2.44. The lowest BCUT2D eigenvalue weighted by atomic mass is 9.88. The smallest absolute Gasteiger partial charge is 0.305 e. The highest BCUT2D eigenvalue weighted by Gasteiger charge is 2.43. The van der Waals surface area contributed by atoms with Crippen molar-refractivity contribution in [2.75, 3.05) is 7.11 Å². The summed E-state index contributed by atoms with van der Waals surface area (Å²) >= 11 is 0. The molecule has 0 amide bonds. The molecule has 0 N–H and O–H groups in total. The van der Waals surface area contributed by atoms with Crippen molar-refractivity contribution in [1.82, 2.24) is 0 Å². The van der Waals surface area contributed by atoms with E-state index in [-0.39, 0.29) is 34.2 Å². The molecule has 0 bridgehead atoms. The normalized spacial score (nSPS) is 19.1. The first kappa shape index (κ1) is 37.7. The van der Waals surface area contributed by atoms with Crippen LogP contribution in [0.15, 0.2) is 48.1 Å². The number of ether oxygens (including phenoxy) is 1. The minimum absolute atomic E-state index is 0.136. The summed E-state index contributed by atoms with van der Waals surface area (Å²) < 4.78 is 18.9. The second kappa shape index (κ2) is 16.2. The van der Waals surface area contributed by atoms with E-state index < -0.39 is 16.6 Å². The number of allylic oxidation sites excluding steroid dienone is 2. The zero-order chi connectivity index (χ0) is 32.5. The van der Waals surface area contributed by atoms with E-state index in [1.165, 1.54) is 43.1 Å². The first-order valence-corrected chi connectivity index (χ1v) is 22.6. The van der Waals surface area contributed by atoms with E-state index in [2.05, 4.69) is 117 Å². The van der Waals surface area contributed by atoms with Crippen molar-refractivity contribution < 1.29 is 18.4 Å². The molecule has 0 aromatic heterocycles. The molecule has 1 aliphatic carbocycles. The van der Waals surface area contributed by atoms with Crippen LogP contribution in [0.3, 0.4) is 0 Å². The molecule has 0 saturated heterocycles. The third kappa shape index (κ3) is 11.1. The Morgan fingerprint density at radius 1 is 0.930 bits per heavy atom. The van der Waals surface area contributed by atoms with E-state index in [0.717, 1.165) is 32.1 Å². The Balaban J connectivity index is 2.32. The predicted octanol–water partition coefficient (Wildman–Crippen LogP) is 11.4. The van der Waals surface area contributed by atoms with Crippen LogP contribution in [0.1, 0.15) is 129 Å². The number of esters is 1. The van der Waals surface area contributed by atoms with Crippen LogP contribution in [0.4, 0.5) is 0 Å². The van der Waals surface area contributed by atoms with Crippen LogP contribution in [0.2, 0.25) is 36.3 Å². The monoisotopic (exact) mass is 628 g/mol. The van der Waals surface area contributed by atoms with Crippen molar-refractivity contribution in [3.63, 3.8) is 0 Å². The van der Waals surface area contributed by atoms with Gasteiger partial charge in [-0.2, -0.15) is 0 Å². The quantitative estimate of drug-likeness (QED) is 0.0790. The summed E-state index contributed by atoms with van der Waals surface area (Å²) in [5, 5.41) is 0.344. The summed E-state index contributed by atoms with van der Waals surface area (Å²) in [5.41, 5.74) is 4.09. The van der Waals surface area contributed by atoms with Crippen molar-refractivity contribution in [2.45, 2.75) is 161 Å². The molecule has 0 fully saturated rings. The first-order valence-electron chi connectivity index (χ1n) is 16.8. The maximum absolute atomic E-state index is 11.4. The van der Waals surface area contributed by atoms with Gasteiger partial charge in [0, 0.05) is 12.3 Å². The van der Waals surface area contributed by atoms with Gasteiger partial charge in [0.2, 0.25) is 0 Å². The maximum Gasteiger partial charge on any atom is 0.305 e. The van der Waals surface area contributed by atoms with E-state index in [1.807, 2.05) is 0 Å². The SMILES string of the molecule is CCCCCC(O[Si](C)(C)C(C)(C)C)c1ccc([C@H]2C(CC=CCCCC(=O)OC)=CC[C@H]2O[Si](C)(C)C(C)(C)C)cc1. The Labute approximate surface area is 267 Å². The molecule has 1 aromatic carbocycles. The van der Waals surface area contributed by atoms with Crippen LogP contribution in [0.5, 0.6) is 0 Å². The molecule has 0 spiro atoms. The van der Waals surface area contributed by atoms with Crippen LogP contribution in [-0.4, -0.2) is 35.8 Å². The van der Waals surface area contributed by atoms with E-state index in [9.17, 15) is 4.79 Å². The fourth-order valence-electron chi connectivity index (χ4n) is 5.21. The van der Waals surface area contributed by atoms with Gasteiger partial charge in [-0.15, -0.1) is 0 Å². The number of methoxy groups -OCH3 is 1. The van der Waals surface area contributed by atoms with Gasteiger partial charge in [0.1, 0.15) is 0 Å². The molecule has 4 nitrogen and oxygen atoms in total. The van der Waals surface area contributed by atoms with Crippen molar-refractivity contribution in [3.05, 3.63) is 59.2 Å². The molecule has 244 valence electrons. The summed E-state index contributed by atoms with van der Waals surface area (Å²) in [4.78, 5) is 11.4. The minimum atomic E-state index is -1.94. The van der Waals surface area contributed by atoms with Crippen molar-refractivity contribution in [1.29, 1.82) is 0 Å². The standard InChI is InChI=1S/C37H64O4Si2/c1-13-14-17-21-32(40-42(9,10)36(2,3)4)29-23-25-31(26-24-29)35-30(20-18-15-16-19-22-34(38)39-8)27-28-33(35)41-43(11,12)37(5,6)7/h15,18,23-27,32-33,35H,13-14,16-17,19-22,28H2,1-12H3/t32?,33-,35-/m1/s1. The summed E-state index contributed by atoms with van der Waals surface area (Å²) in [6.07, 6.45) is 16.0. The summed E-state index contributed by atoms with van der Waals surface area (Å²) in [5.74, 6) is 0.117. The Bertz CT molecular complexity index is 1060. The molecule has 43 heavy (non-hydrogen) atoms. The average molecular weight is 629 g/mol. The zero-order valence-electron chi connectivity index (χ0n) is 29.8. The highest BCUT2D eigenvalue weighted by molar-refractivity contribution is 6.74. The first-order chi connectivity index (χ1) is 19.9. The number of carbonyl (C=O) groups is 1. The van der Waals surface area contributed by atoms with E-state index in [0.29, 0.717) is 6.42 Å². The highest BCUT2D eigenvalue weighted by Crippen LogP contribution is 2.46. The number of unbranched alkanes of at least 4 members (excludes halogenated alkanes) is 3. The van der Waals surface area contributed by atoms with Crippen molar-refractivity contribution >= 4 is 22.6 Å². The Morgan fingerprint density at radius 2 is 1.56 bits per heavy atom. The predicted molar refractivity (Wildman–Crippen MR) is 189 cm³/mol. The number of benzene rings is 1. The third-order valence-electron chi connectivity index (χ3n) is 10.1. The number of hydrogen-bond donors (Lipinski definition) is 0. The van der Waals surface area contributed by atoms with Gasteiger partial charge in [0.05, 0.1) is 19.3 Å². The molecule has 1 aromatic rings. The van der Waals surface area contributed by atoms with E-state index >= 15 is 0 Å². The van der Waals surface area contributed by atoms with Gasteiger partial charge >= 0.3 is 5.97 Å². The van der Waals surface area contributed by atoms with Gasteiger partial charge in [0.25, 0.3) is 0 Å². The van der Waals surface area contributed by atoms with Crippen molar-refractivity contribution in [3.8, 4) is 0 Å². The van der Waals surface area contributed by atoms with Crippen LogP contribution >= 0.6 is 0 Å². The van der Waals surface area contributed by atoms with Crippen LogP contribution < -0.4 is 0 Å². The number of hydrogen-bond acceptors (Lipinski definition) is 4. The van der Waals surface area contributed by atoms with Gasteiger partial charge in [-0.25, -0.2) is 0 Å². The largest absolute Gasteiger partial charge is 0.469 e. The van der Waals surface area contributed by atoms with E-state index in [1.54, 1.807) is 0 Å². The molecule has 0 saturated carbocycles. The average Bonchev–Trinajstić information content (AvgIpc) is 3.30. The topological polar surface area (TPSA) is 44.8 Å². The van der Waals surface area contributed by atoms with Crippen molar-refractivity contribution in [2.24, 2.45) is 0 Å². The lowest BCUT2D eigenvalue weighted by molar-refractivity contribution is -0.140. The molecule has 0 radical (unpaired) electrons. The number of carbonyl (C=O) groups excluding carboxylic acids is 1. The van der Waals surface area contributed by atoms with Gasteiger partial charge in [-0.05, 0) is 79.5 Å². The lowest BCUT2D eigenvalue weighted by Gasteiger charge is -2.40. The van der Waals surface area contributed by atoms with E-state index in [4.69, 9.17) is 13.6 Å². The number of rotatable bonds is 16. The molecule has 3 atom stereocenters. The molecule has 6 heteroatoms. The molecule has 1 aliphatic rings. The Kier molecular flexibility index (Phi) is 14.2. The van der Waals surface area contributed by atoms with Gasteiger partial charge in [0.15, 0.2) is 16.6 Å². The molecule has 0 heterocycles.